The predicted octanol–water partition coefficient (Wildman–Crippen LogP) is 6.04. The molecule has 0 unspecified atom stereocenters. The van der Waals surface area contributed by atoms with E-state index in [1.807, 2.05) is 12.1 Å². The molecule has 4 nitrogen and oxygen atoms in total. The fourth-order valence-corrected chi connectivity index (χ4v) is 6.93. The van der Waals surface area contributed by atoms with Gasteiger partial charge in [-0.2, -0.15) is 0 Å². The molecule has 176 valence electrons. The Kier molecular flexibility index (Phi) is 6.96. The van der Waals surface area contributed by atoms with Crippen molar-refractivity contribution in [3.8, 4) is 0 Å². The van der Waals surface area contributed by atoms with Crippen molar-refractivity contribution in [2.75, 3.05) is 18.0 Å². The predicted molar refractivity (Wildman–Crippen MR) is 138 cm³/mol. The maximum atomic E-state index is 13.2. The minimum absolute atomic E-state index is 0.0130. The lowest BCUT2D eigenvalue weighted by Crippen LogP contribution is -2.39. The number of rotatable bonds is 6. The van der Waals surface area contributed by atoms with Gasteiger partial charge in [0.15, 0.2) is 15.0 Å². The monoisotopic (exact) mass is 482 g/mol. The third-order valence-electron chi connectivity index (χ3n) is 6.56. The molecule has 0 amide bonds. The lowest BCUT2D eigenvalue weighted by molar-refractivity contribution is 0.529. The van der Waals surface area contributed by atoms with Gasteiger partial charge >= 0.3 is 0 Å². The SMILES string of the molecule is CCc1ccc(Cc2csc(N3CCC(S(=O)(=O)c4ccc(C(C)(C)C)cc4)CC3)n2)cc1. The zero-order chi connectivity index (χ0) is 23.6. The Hall–Kier alpha value is -2.18. The van der Waals surface area contributed by atoms with Crippen LogP contribution in [-0.2, 0) is 28.1 Å². The molecule has 0 radical (unpaired) electrons. The van der Waals surface area contributed by atoms with Crippen molar-refractivity contribution in [1.82, 2.24) is 4.98 Å². The number of benzene rings is 2. The van der Waals surface area contributed by atoms with E-state index in [4.69, 9.17) is 4.98 Å². The summed E-state index contributed by atoms with van der Waals surface area (Å²) in [5.74, 6) is 0. The minimum Gasteiger partial charge on any atom is -0.348 e. The Morgan fingerprint density at radius 3 is 2.15 bits per heavy atom. The van der Waals surface area contributed by atoms with Crippen LogP contribution in [0, 0.1) is 0 Å². The molecule has 1 fully saturated rings. The summed E-state index contributed by atoms with van der Waals surface area (Å²) in [6, 6.07) is 16.2. The number of hydrogen-bond donors (Lipinski definition) is 0. The fourth-order valence-electron chi connectivity index (χ4n) is 4.32. The van der Waals surface area contributed by atoms with E-state index < -0.39 is 9.84 Å². The number of nitrogens with zero attached hydrogens (tertiary/aromatic N) is 2. The summed E-state index contributed by atoms with van der Waals surface area (Å²) in [5.41, 5.74) is 4.86. The van der Waals surface area contributed by atoms with Crippen LogP contribution in [0.5, 0.6) is 0 Å². The quantitative estimate of drug-likeness (QED) is 0.430. The molecule has 0 bridgehead atoms. The third-order valence-corrected chi connectivity index (χ3v) is 9.78. The molecular weight excluding hydrogens is 448 g/mol. The van der Waals surface area contributed by atoms with E-state index in [1.165, 1.54) is 11.1 Å². The molecule has 0 atom stereocenters. The second-order valence-electron chi connectivity index (χ2n) is 9.97. The second-order valence-corrected chi connectivity index (χ2v) is 13.0. The molecule has 6 heteroatoms. The van der Waals surface area contributed by atoms with Crippen LogP contribution in [0.15, 0.2) is 58.8 Å². The van der Waals surface area contributed by atoms with Crippen molar-refractivity contribution < 1.29 is 8.42 Å². The Labute approximate surface area is 202 Å². The van der Waals surface area contributed by atoms with E-state index in [1.54, 1.807) is 23.5 Å². The summed E-state index contributed by atoms with van der Waals surface area (Å²) in [4.78, 5) is 7.53. The molecule has 2 heterocycles. The molecule has 2 aromatic carbocycles. The van der Waals surface area contributed by atoms with Crippen LogP contribution in [0.3, 0.4) is 0 Å². The number of aryl methyl sites for hydroxylation is 1. The Bertz CT molecular complexity index is 1170. The van der Waals surface area contributed by atoms with E-state index in [9.17, 15) is 8.42 Å². The standard InChI is InChI=1S/C27H34N2O2S2/c1-5-20-6-8-21(9-7-20)18-23-19-32-26(28-23)29-16-14-25(15-17-29)33(30,31)24-12-10-22(11-13-24)27(2,3)4/h6-13,19,25H,5,14-18H2,1-4H3. The van der Waals surface area contributed by atoms with E-state index in [2.05, 4.69) is 62.2 Å². The first-order chi connectivity index (χ1) is 15.7. The molecule has 1 aliphatic rings. The summed E-state index contributed by atoms with van der Waals surface area (Å²) in [6.07, 6.45) is 3.15. The summed E-state index contributed by atoms with van der Waals surface area (Å²) in [5, 5.41) is 2.80. The van der Waals surface area contributed by atoms with Gasteiger partial charge in [0, 0.05) is 24.9 Å². The maximum absolute atomic E-state index is 13.2. The van der Waals surface area contributed by atoms with Crippen LogP contribution in [0.1, 0.15) is 62.9 Å². The van der Waals surface area contributed by atoms with Gasteiger partial charge in [0.1, 0.15) is 0 Å². The highest BCUT2D eigenvalue weighted by Gasteiger charge is 2.32. The van der Waals surface area contributed by atoms with Gasteiger partial charge in [0.05, 0.1) is 15.8 Å². The largest absolute Gasteiger partial charge is 0.348 e. The van der Waals surface area contributed by atoms with Crippen LogP contribution in [0.4, 0.5) is 5.13 Å². The van der Waals surface area contributed by atoms with Crippen molar-refractivity contribution in [2.24, 2.45) is 0 Å². The molecule has 3 aromatic rings. The molecule has 1 saturated heterocycles. The summed E-state index contributed by atoms with van der Waals surface area (Å²) in [6.45, 7) is 10.0. The smallest absolute Gasteiger partial charge is 0.185 e. The fraction of sp³-hybridized carbons (Fsp3) is 0.444. The van der Waals surface area contributed by atoms with Gasteiger partial charge in [-0.15, -0.1) is 11.3 Å². The number of piperidine rings is 1. The highest BCUT2D eigenvalue weighted by Crippen LogP contribution is 2.31. The first kappa shape index (κ1) is 24.0. The molecule has 1 aromatic heterocycles. The average molecular weight is 483 g/mol. The van der Waals surface area contributed by atoms with Crippen LogP contribution in [0.2, 0.25) is 0 Å². The molecule has 0 aliphatic carbocycles. The molecule has 1 aliphatic heterocycles. The van der Waals surface area contributed by atoms with Crippen molar-refractivity contribution in [3.05, 3.63) is 76.3 Å². The number of thiazole rings is 1. The van der Waals surface area contributed by atoms with E-state index in [0.717, 1.165) is 42.3 Å². The first-order valence-electron chi connectivity index (χ1n) is 11.8. The topological polar surface area (TPSA) is 50.3 Å². The number of anilines is 1. The van der Waals surface area contributed by atoms with Crippen molar-refractivity contribution in [3.63, 3.8) is 0 Å². The molecule has 33 heavy (non-hydrogen) atoms. The van der Waals surface area contributed by atoms with Crippen molar-refractivity contribution in [1.29, 1.82) is 0 Å². The van der Waals surface area contributed by atoms with Crippen LogP contribution >= 0.6 is 11.3 Å². The van der Waals surface area contributed by atoms with Crippen LogP contribution in [0.25, 0.3) is 0 Å². The zero-order valence-corrected chi connectivity index (χ0v) is 21.7. The lowest BCUT2D eigenvalue weighted by Gasteiger charge is -2.31. The molecule has 0 spiro atoms. The highest BCUT2D eigenvalue weighted by atomic mass is 32.2. The summed E-state index contributed by atoms with van der Waals surface area (Å²) in [7, 11) is -3.31. The lowest BCUT2D eigenvalue weighted by atomic mass is 9.87. The second kappa shape index (κ2) is 9.59. The Morgan fingerprint density at radius 2 is 1.58 bits per heavy atom. The molecular formula is C27H34N2O2S2. The normalized spacial score (nSPS) is 15.7. The van der Waals surface area contributed by atoms with E-state index in [-0.39, 0.29) is 10.7 Å². The van der Waals surface area contributed by atoms with Crippen LogP contribution in [-0.4, -0.2) is 31.7 Å². The Balaban J connectivity index is 1.37. The van der Waals surface area contributed by atoms with Gasteiger partial charge in [-0.3, -0.25) is 0 Å². The van der Waals surface area contributed by atoms with Gasteiger partial charge < -0.3 is 4.90 Å². The van der Waals surface area contributed by atoms with Crippen molar-refractivity contribution in [2.45, 2.75) is 68.9 Å². The van der Waals surface area contributed by atoms with E-state index in [0.29, 0.717) is 17.7 Å². The van der Waals surface area contributed by atoms with Gasteiger partial charge in [-0.25, -0.2) is 13.4 Å². The van der Waals surface area contributed by atoms with Gasteiger partial charge in [-0.05, 0) is 53.5 Å². The molecule has 4 rings (SSSR count). The van der Waals surface area contributed by atoms with Crippen molar-refractivity contribution >= 4 is 26.3 Å². The van der Waals surface area contributed by atoms with Crippen LogP contribution < -0.4 is 4.90 Å². The highest BCUT2D eigenvalue weighted by molar-refractivity contribution is 7.92. The molecule has 0 N–H and O–H groups in total. The third kappa shape index (κ3) is 5.49. The average Bonchev–Trinajstić information content (AvgIpc) is 3.27. The summed E-state index contributed by atoms with van der Waals surface area (Å²) >= 11 is 1.66. The minimum atomic E-state index is -3.31. The number of aromatic nitrogens is 1. The number of sulfone groups is 1. The zero-order valence-electron chi connectivity index (χ0n) is 20.0. The number of hydrogen-bond acceptors (Lipinski definition) is 5. The Morgan fingerprint density at radius 1 is 0.970 bits per heavy atom. The maximum Gasteiger partial charge on any atom is 0.185 e. The van der Waals surface area contributed by atoms with Gasteiger partial charge in [0.25, 0.3) is 0 Å². The summed E-state index contributed by atoms with van der Waals surface area (Å²) < 4.78 is 26.4. The van der Waals surface area contributed by atoms with Gasteiger partial charge in [-0.1, -0.05) is 64.1 Å². The van der Waals surface area contributed by atoms with E-state index >= 15 is 0 Å². The molecule has 0 saturated carbocycles. The van der Waals surface area contributed by atoms with Gasteiger partial charge in [0.2, 0.25) is 0 Å². The first-order valence-corrected chi connectivity index (χ1v) is 14.2.